The molecule has 1 N–H and O–H groups in total. The van der Waals surface area contributed by atoms with Crippen molar-refractivity contribution < 1.29 is 4.74 Å². The van der Waals surface area contributed by atoms with Crippen LogP contribution in [0.1, 0.15) is 32.1 Å². The fraction of sp³-hybridized carbons (Fsp3) is 1.00. The van der Waals surface area contributed by atoms with Gasteiger partial charge in [0.1, 0.15) is 0 Å². The highest BCUT2D eigenvalue weighted by Crippen LogP contribution is 2.74. The first-order valence-electron chi connectivity index (χ1n) is 5.38. The molecule has 0 unspecified atom stereocenters. The summed E-state index contributed by atoms with van der Waals surface area (Å²) in [5.41, 5.74) is 1.48. The van der Waals surface area contributed by atoms with Crippen molar-refractivity contribution in [1.29, 1.82) is 0 Å². The first-order chi connectivity index (χ1) is 6.24. The second kappa shape index (κ2) is 3.25. The van der Waals surface area contributed by atoms with E-state index in [2.05, 4.69) is 12.4 Å². The first kappa shape index (κ1) is 9.47. The Hall–Kier alpha value is -0.0800. The van der Waals surface area contributed by atoms with Gasteiger partial charge in [0.25, 0.3) is 0 Å². The Labute approximate surface area is 81.0 Å². The van der Waals surface area contributed by atoms with E-state index in [9.17, 15) is 0 Å². The Morgan fingerprint density at radius 2 is 1.92 bits per heavy atom. The fourth-order valence-electron chi connectivity index (χ4n) is 3.65. The van der Waals surface area contributed by atoms with E-state index in [0.29, 0.717) is 0 Å². The van der Waals surface area contributed by atoms with Gasteiger partial charge in [0, 0.05) is 20.3 Å². The summed E-state index contributed by atoms with van der Waals surface area (Å²) in [7, 11) is 3.86. The summed E-state index contributed by atoms with van der Waals surface area (Å²) >= 11 is 0. The van der Waals surface area contributed by atoms with Crippen molar-refractivity contribution >= 4 is 0 Å². The lowest BCUT2D eigenvalue weighted by molar-refractivity contribution is -0.204. The van der Waals surface area contributed by atoms with Crippen LogP contribution in [0, 0.1) is 10.8 Å². The molecule has 3 rings (SSSR count). The second-order valence-electron chi connectivity index (χ2n) is 5.16. The summed E-state index contributed by atoms with van der Waals surface area (Å²) < 4.78 is 5.08. The molecule has 13 heavy (non-hydrogen) atoms. The lowest BCUT2D eigenvalue weighted by Crippen LogP contribution is -2.64. The van der Waals surface area contributed by atoms with Crippen molar-refractivity contribution in [3.63, 3.8) is 0 Å². The van der Waals surface area contributed by atoms with Crippen LogP contribution in [0.5, 0.6) is 0 Å². The monoisotopic (exact) mass is 183 g/mol. The maximum atomic E-state index is 5.08. The lowest BCUT2D eigenvalue weighted by Gasteiger charge is -2.71. The number of nitrogens with one attached hydrogen (secondary N) is 1. The maximum absolute atomic E-state index is 5.08. The van der Waals surface area contributed by atoms with E-state index < -0.39 is 0 Å². The molecule has 2 heteroatoms. The highest BCUT2D eigenvalue weighted by molar-refractivity contribution is 5.17. The molecule has 76 valence electrons. The van der Waals surface area contributed by atoms with Gasteiger partial charge in [-0.15, -0.1) is 0 Å². The number of hydrogen-bond donors (Lipinski definition) is 1. The van der Waals surface area contributed by atoms with Gasteiger partial charge >= 0.3 is 0 Å². The number of ether oxygens (including phenoxy) is 1. The van der Waals surface area contributed by atoms with E-state index in [4.69, 9.17) is 4.74 Å². The zero-order valence-corrected chi connectivity index (χ0v) is 8.86. The summed E-state index contributed by atoms with van der Waals surface area (Å²) in [6.07, 6.45) is 7.08. The Morgan fingerprint density at radius 1 is 1.23 bits per heavy atom. The standard InChI is InChI=1S/C11H21NO/c1-12-9-11-6-10(7-11,8-11)4-3-5-13-2/h12H,3-9H2,1-2H3. The van der Waals surface area contributed by atoms with Crippen LogP contribution >= 0.6 is 0 Å². The van der Waals surface area contributed by atoms with Crippen LogP contribution < -0.4 is 5.32 Å². The summed E-state index contributed by atoms with van der Waals surface area (Å²) in [5.74, 6) is 0. The number of hydrogen-bond acceptors (Lipinski definition) is 2. The van der Waals surface area contributed by atoms with Crippen molar-refractivity contribution in [2.45, 2.75) is 32.1 Å². The van der Waals surface area contributed by atoms with E-state index in [0.717, 1.165) is 17.4 Å². The third kappa shape index (κ3) is 1.50. The molecule has 0 heterocycles. The van der Waals surface area contributed by atoms with E-state index in [1.54, 1.807) is 7.11 Å². The summed E-state index contributed by atoms with van der Waals surface area (Å²) in [6, 6.07) is 0. The molecule has 0 saturated heterocycles. The van der Waals surface area contributed by atoms with Crippen LogP contribution in [0.2, 0.25) is 0 Å². The highest BCUT2D eigenvalue weighted by atomic mass is 16.5. The highest BCUT2D eigenvalue weighted by Gasteiger charge is 2.65. The Bertz CT molecular complexity index is 165. The first-order valence-corrected chi connectivity index (χ1v) is 5.38. The van der Waals surface area contributed by atoms with Crippen molar-refractivity contribution in [3.05, 3.63) is 0 Å². The fourth-order valence-corrected chi connectivity index (χ4v) is 3.65. The van der Waals surface area contributed by atoms with Crippen molar-refractivity contribution in [2.24, 2.45) is 10.8 Å². The van der Waals surface area contributed by atoms with Crippen LogP contribution in [0.4, 0.5) is 0 Å². The summed E-state index contributed by atoms with van der Waals surface area (Å²) in [4.78, 5) is 0. The molecule has 0 spiro atoms. The Morgan fingerprint density at radius 3 is 2.46 bits per heavy atom. The smallest absolute Gasteiger partial charge is 0.0462 e. The largest absolute Gasteiger partial charge is 0.385 e. The molecule has 0 atom stereocenters. The minimum Gasteiger partial charge on any atom is -0.385 e. The average molecular weight is 183 g/mol. The van der Waals surface area contributed by atoms with E-state index in [1.165, 1.54) is 38.6 Å². The van der Waals surface area contributed by atoms with Gasteiger partial charge in [-0.25, -0.2) is 0 Å². The minimum absolute atomic E-state index is 0.724. The molecule has 0 amide bonds. The lowest BCUT2D eigenvalue weighted by atomic mass is 9.34. The summed E-state index contributed by atoms with van der Waals surface area (Å²) in [5, 5.41) is 3.31. The average Bonchev–Trinajstić information content (AvgIpc) is 1.98. The molecular weight excluding hydrogens is 162 g/mol. The molecule has 0 aromatic heterocycles. The molecule has 2 nitrogen and oxygen atoms in total. The van der Waals surface area contributed by atoms with Crippen molar-refractivity contribution in [2.75, 3.05) is 27.3 Å². The molecule has 3 saturated carbocycles. The van der Waals surface area contributed by atoms with Gasteiger partial charge in [-0.05, 0) is 50.0 Å². The van der Waals surface area contributed by atoms with Crippen molar-refractivity contribution in [1.82, 2.24) is 5.32 Å². The molecule has 0 aliphatic heterocycles. The molecule has 3 aliphatic rings. The van der Waals surface area contributed by atoms with Crippen LogP contribution in [-0.4, -0.2) is 27.3 Å². The molecule has 0 aromatic carbocycles. The second-order valence-corrected chi connectivity index (χ2v) is 5.16. The maximum Gasteiger partial charge on any atom is 0.0462 e. The minimum atomic E-state index is 0.724. The quantitative estimate of drug-likeness (QED) is 0.634. The molecule has 2 bridgehead atoms. The van der Waals surface area contributed by atoms with Gasteiger partial charge in [-0.1, -0.05) is 0 Å². The topological polar surface area (TPSA) is 21.3 Å². The van der Waals surface area contributed by atoms with Crippen molar-refractivity contribution in [3.8, 4) is 0 Å². The van der Waals surface area contributed by atoms with Gasteiger partial charge in [0.2, 0.25) is 0 Å². The van der Waals surface area contributed by atoms with Gasteiger partial charge in [-0.3, -0.25) is 0 Å². The zero-order valence-electron chi connectivity index (χ0n) is 8.86. The normalized spacial score (nSPS) is 41.1. The molecule has 3 fully saturated rings. The molecular formula is C11H21NO. The molecule has 0 radical (unpaired) electrons. The predicted octanol–water partition coefficient (Wildman–Crippen LogP) is 1.80. The van der Waals surface area contributed by atoms with Crippen LogP contribution in [0.25, 0.3) is 0 Å². The van der Waals surface area contributed by atoms with Crippen LogP contribution in [0.3, 0.4) is 0 Å². The van der Waals surface area contributed by atoms with Gasteiger partial charge < -0.3 is 10.1 Å². The molecule has 0 aromatic rings. The van der Waals surface area contributed by atoms with E-state index >= 15 is 0 Å². The summed E-state index contributed by atoms with van der Waals surface area (Å²) in [6.45, 7) is 2.18. The SMILES string of the molecule is CNCC12CC(CCCOC)(C1)C2. The third-order valence-corrected chi connectivity index (χ3v) is 3.86. The zero-order chi connectivity index (χ0) is 9.36. The number of rotatable bonds is 6. The van der Waals surface area contributed by atoms with Gasteiger partial charge in [0.15, 0.2) is 0 Å². The van der Waals surface area contributed by atoms with Crippen LogP contribution in [-0.2, 0) is 4.74 Å². The van der Waals surface area contributed by atoms with E-state index in [1.807, 2.05) is 0 Å². The third-order valence-electron chi connectivity index (χ3n) is 3.86. The van der Waals surface area contributed by atoms with Gasteiger partial charge in [0.05, 0.1) is 0 Å². The molecule has 3 aliphatic carbocycles. The predicted molar refractivity (Wildman–Crippen MR) is 53.8 cm³/mol. The van der Waals surface area contributed by atoms with Crippen LogP contribution in [0.15, 0.2) is 0 Å². The Kier molecular flexibility index (Phi) is 2.37. The number of methoxy groups -OCH3 is 1. The Balaban J connectivity index is 1.65. The van der Waals surface area contributed by atoms with E-state index in [-0.39, 0.29) is 0 Å². The van der Waals surface area contributed by atoms with Gasteiger partial charge in [-0.2, -0.15) is 0 Å².